The molecule has 0 radical (unpaired) electrons. The van der Waals surface area contributed by atoms with Gasteiger partial charge in [0, 0.05) is 6.54 Å². The third kappa shape index (κ3) is 2.26. The Morgan fingerprint density at radius 3 is 3.23 bits per heavy atom. The van der Waals surface area contributed by atoms with Crippen molar-refractivity contribution in [3.63, 3.8) is 0 Å². The molecule has 0 aromatic carbocycles. The van der Waals surface area contributed by atoms with Crippen LogP contribution in [0.25, 0.3) is 0 Å². The van der Waals surface area contributed by atoms with Gasteiger partial charge in [0.15, 0.2) is 5.82 Å². The van der Waals surface area contributed by atoms with Crippen molar-refractivity contribution in [2.75, 3.05) is 13.1 Å². The first-order chi connectivity index (χ1) is 6.34. The molecule has 0 amide bonds. The molecule has 1 aliphatic heterocycles. The number of nitrogens with zero attached hydrogens (tertiary/aromatic N) is 2. The first-order valence-corrected chi connectivity index (χ1v) is 4.46. The molecule has 5 heteroatoms. The van der Waals surface area contributed by atoms with Crippen LogP contribution < -0.4 is 5.32 Å². The second-order valence-electron chi connectivity index (χ2n) is 3.16. The molecule has 1 saturated heterocycles. The zero-order chi connectivity index (χ0) is 9.10. The molecule has 72 valence electrons. The Labute approximate surface area is 76.5 Å². The molecule has 1 aromatic heterocycles. The van der Waals surface area contributed by atoms with E-state index in [1.807, 2.05) is 0 Å². The topological polar surface area (TPSA) is 60.2 Å². The van der Waals surface area contributed by atoms with Crippen LogP contribution in [-0.2, 0) is 11.3 Å². The number of aromatic nitrogens is 2. The maximum atomic E-state index is 5.54. The standard InChI is InChI=1S/C8H13N3O2/c1-6-10-8(13-11-6)5-12-7-2-3-9-4-7/h7,9H,2-5H2,1H3. The van der Waals surface area contributed by atoms with E-state index in [1.165, 1.54) is 0 Å². The Bertz CT molecular complexity index is 268. The highest BCUT2D eigenvalue weighted by Crippen LogP contribution is 2.06. The minimum atomic E-state index is 0.298. The first-order valence-electron chi connectivity index (χ1n) is 4.46. The van der Waals surface area contributed by atoms with Crippen molar-refractivity contribution in [3.8, 4) is 0 Å². The molecule has 1 atom stereocenters. The van der Waals surface area contributed by atoms with Crippen molar-refractivity contribution in [2.24, 2.45) is 0 Å². The number of ether oxygens (including phenoxy) is 1. The number of aryl methyl sites for hydroxylation is 1. The zero-order valence-electron chi connectivity index (χ0n) is 7.62. The van der Waals surface area contributed by atoms with E-state index in [4.69, 9.17) is 9.26 Å². The second-order valence-corrected chi connectivity index (χ2v) is 3.16. The third-order valence-corrected chi connectivity index (χ3v) is 2.03. The van der Waals surface area contributed by atoms with Gasteiger partial charge in [-0.05, 0) is 19.9 Å². The Morgan fingerprint density at radius 1 is 1.69 bits per heavy atom. The summed E-state index contributed by atoms with van der Waals surface area (Å²) in [5, 5.41) is 6.90. The smallest absolute Gasteiger partial charge is 0.252 e. The van der Waals surface area contributed by atoms with Crippen LogP contribution in [0.4, 0.5) is 0 Å². The summed E-state index contributed by atoms with van der Waals surface area (Å²) in [6.07, 6.45) is 1.36. The van der Waals surface area contributed by atoms with Crippen LogP contribution in [0.15, 0.2) is 4.52 Å². The van der Waals surface area contributed by atoms with E-state index >= 15 is 0 Å². The Morgan fingerprint density at radius 2 is 2.62 bits per heavy atom. The van der Waals surface area contributed by atoms with Crippen LogP contribution in [0.5, 0.6) is 0 Å². The third-order valence-electron chi connectivity index (χ3n) is 2.03. The van der Waals surface area contributed by atoms with Gasteiger partial charge in [0.2, 0.25) is 0 Å². The summed E-state index contributed by atoms with van der Waals surface area (Å²) < 4.78 is 10.5. The molecular formula is C8H13N3O2. The fourth-order valence-corrected chi connectivity index (χ4v) is 1.36. The monoisotopic (exact) mass is 183 g/mol. The number of rotatable bonds is 3. The van der Waals surface area contributed by atoms with Crippen molar-refractivity contribution >= 4 is 0 Å². The average Bonchev–Trinajstić information content (AvgIpc) is 2.71. The lowest BCUT2D eigenvalue weighted by atomic mass is 10.3. The Kier molecular flexibility index (Phi) is 2.56. The van der Waals surface area contributed by atoms with Crippen LogP contribution >= 0.6 is 0 Å². The fourth-order valence-electron chi connectivity index (χ4n) is 1.36. The largest absolute Gasteiger partial charge is 0.367 e. The molecule has 1 fully saturated rings. The average molecular weight is 183 g/mol. The van der Waals surface area contributed by atoms with E-state index in [-0.39, 0.29) is 0 Å². The van der Waals surface area contributed by atoms with Gasteiger partial charge in [-0.25, -0.2) is 0 Å². The molecular weight excluding hydrogens is 170 g/mol. The summed E-state index contributed by atoms with van der Waals surface area (Å²) in [6, 6.07) is 0. The molecule has 2 rings (SSSR count). The molecule has 1 aromatic rings. The highest BCUT2D eigenvalue weighted by Gasteiger charge is 2.15. The van der Waals surface area contributed by atoms with Gasteiger partial charge in [-0.2, -0.15) is 4.98 Å². The summed E-state index contributed by atoms with van der Waals surface area (Å²) in [7, 11) is 0. The van der Waals surface area contributed by atoms with Crippen LogP contribution in [0.1, 0.15) is 18.1 Å². The van der Waals surface area contributed by atoms with Crippen molar-refractivity contribution in [3.05, 3.63) is 11.7 Å². The van der Waals surface area contributed by atoms with Gasteiger partial charge in [-0.3, -0.25) is 0 Å². The van der Waals surface area contributed by atoms with Crippen molar-refractivity contribution in [2.45, 2.75) is 26.1 Å². The maximum Gasteiger partial charge on any atom is 0.252 e. The molecule has 0 saturated carbocycles. The van der Waals surface area contributed by atoms with E-state index in [0.29, 0.717) is 24.4 Å². The van der Waals surface area contributed by atoms with Crippen molar-refractivity contribution in [1.82, 2.24) is 15.5 Å². The number of nitrogens with one attached hydrogen (secondary N) is 1. The van der Waals surface area contributed by atoms with E-state index < -0.39 is 0 Å². The highest BCUT2D eigenvalue weighted by molar-refractivity contribution is 4.81. The molecule has 1 aliphatic rings. The fraction of sp³-hybridized carbons (Fsp3) is 0.750. The second kappa shape index (κ2) is 3.85. The lowest BCUT2D eigenvalue weighted by Gasteiger charge is -2.06. The predicted octanol–water partition coefficient (Wildman–Crippen LogP) is 0.257. The van der Waals surface area contributed by atoms with Gasteiger partial charge >= 0.3 is 0 Å². The summed E-state index contributed by atoms with van der Waals surface area (Å²) >= 11 is 0. The molecule has 2 heterocycles. The minimum absolute atomic E-state index is 0.298. The van der Waals surface area contributed by atoms with Crippen LogP contribution in [0.3, 0.4) is 0 Å². The van der Waals surface area contributed by atoms with E-state index in [2.05, 4.69) is 15.5 Å². The quantitative estimate of drug-likeness (QED) is 0.728. The Balaban J connectivity index is 1.78. The van der Waals surface area contributed by atoms with Crippen LogP contribution in [0.2, 0.25) is 0 Å². The molecule has 5 nitrogen and oxygen atoms in total. The van der Waals surface area contributed by atoms with Gasteiger partial charge in [0.25, 0.3) is 5.89 Å². The van der Waals surface area contributed by atoms with Crippen molar-refractivity contribution < 1.29 is 9.26 Å². The van der Waals surface area contributed by atoms with E-state index in [1.54, 1.807) is 6.92 Å². The normalized spacial score (nSPS) is 22.4. The predicted molar refractivity (Wildman–Crippen MR) is 45.1 cm³/mol. The Hall–Kier alpha value is -0.940. The van der Waals surface area contributed by atoms with Gasteiger partial charge in [0.05, 0.1) is 6.10 Å². The van der Waals surface area contributed by atoms with E-state index in [0.717, 1.165) is 19.5 Å². The van der Waals surface area contributed by atoms with Crippen molar-refractivity contribution in [1.29, 1.82) is 0 Å². The highest BCUT2D eigenvalue weighted by atomic mass is 16.5. The summed E-state index contributed by atoms with van der Waals surface area (Å²) in [5.41, 5.74) is 0. The molecule has 1 unspecified atom stereocenters. The van der Waals surface area contributed by atoms with E-state index in [9.17, 15) is 0 Å². The lowest BCUT2D eigenvalue weighted by Crippen LogP contribution is -2.16. The first kappa shape index (κ1) is 8.65. The summed E-state index contributed by atoms with van der Waals surface area (Å²) in [5.74, 6) is 1.22. The number of hydrogen-bond donors (Lipinski definition) is 1. The zero-order valence-corrected chi connectivity index (χ0v) is 7.62. The molecule has 0 spiro atoms. The minimum Gasteiger partial charge on any atom is -0.367 e. The molecule has 0 aliphatic carbocycles. The van der Waals surface area contributed by atoms with Crippen LogP contribution in [-0.4, -0.2) is 29.3 Å². The lowest BCUT2D eigenvalue weighted by molar-refractivity contribution is 0.0383. The van der Waals surface area contributed by atoms with Gasteiger partial charge < -0.3 is 14.6 Å². The van der Waals surface area contributed by atoms with Gasteiger partial charge in [-0.1, -0.05) is 5.16 Å². The number of hydrogen-bond acceptors (Lipinski definition) is 5. The SMILES string of the molecule is Cc1noc(COC2CCNC2)n1. The summed E-state index contributed by atoms with van der Waals surface area (Å²) in [6.45, 7) is 4.18. The molecule has 0 bridgehead atoms. The maximum absolute atomic E-state index is 5.54. The van der Waals surface area contributed by atoms with Gasteiger partial charge in [0.1, 0.15) is 6.61 Å². The van der Waals surface area contributed by atoms with Crippen LogP contribution in [0, 0.1) is 6.92 Å². The summed E-state index contributed by atoms with van der Waals surface area (Å²) in [4.78, 5) is 4.05. The molecule has 13 heavy (non-hydrogen) atoms. The van der Waals surface area contributed by atoms with Gasteiger partial charge in [-0.15, -0.1) is 0 Å². The molecule has 1 N–H and O–H groups in total.